The second-order valence-corrected chi connectivity index (χ2v) is 7.02. The van der Waals surface area contributed by atoms with Gasteiger partial charge in [0.2, 0.25) is 5.91 Å². The first kappa shape index (κ1) is 18.7. The van der Waals surface area contributed by atoms with E-state index in [2.05, 4.69) is 10.3 Å². The molecule has 0 spiro atoms. The summed E-state index contributed by atoms with van der Waals surface area (Å²) in [5, 5.41) is 13.3. The molecule has 1 aromatic carbocycles. The zero-order valence-corrected chi connectivity index (χ0v) is 15.1. The van der Waals surface area contributed by atoms with Crippen molar-refractivity contribution in [2.24, 2.45) is 0 Å². The van der Waals surface area contributed by atoms with Gasteiger partial charge >= 0.3 is 0 Å². The summed E-state index contributed by atoms with van der Waals surface area (Å²) in [5.74, 6) is 0.718. The molecule has 0 saturated heterocycles. The molecule has 0 aliphatic carbocycles. The van der Waals surface area contributed by atoms with Crippen LogP contribution in [0.15, 0.2) is 47.5 Å². The van der Waals surface area contributed by atoms with Crippen LogP contribution in [0, 0.1) is 10.1 Å². The summed E-state index contributed by atoms with van der Waals surface area (Å²) in [4.78, 5) is 29.5. The molecule has 25 heavy (non-hydrogen) atoms. The number of aromatic nitrogens is 1. The Bertz CT molecular complexity index is 750. The van der Waals surface area contributed by atoms with Gasteiger partial charge in [-0.05, 0) is 25.1 Å². The van der Waals surface area contributed by atoms with Crippen molar-refractivity contribution >= 4 is 29.2 Å². The first-order chi connectivity index (χ1) is 11.9. The lowest BCUT2D eigenvalue weighted by molar-refractivity contribution is -0.384. The second kappa shape index (κ2) is 8.48. The van der Waals surface area contributed by atoms with Gasteiger partial charge in [0.25, 0.3) is 5.69 Å². The average Bonchev–Trinajstić information content (AvgIpc) is 2.60. The van der Waals surface area contributed by atoms with Crippen LogP contribution in [0.25, 0.3) is 0 Å². The number of anilines is 1. The Hall–Kier alpha value is -2.61. The maximum absolute atomic E-state index is 12.3. The minimum absolute atomic E-state index is 0.0363. The number of amides is 1. The molecular weight excluding hydrogens is 340 g/mol. The number of nitro groups is 1. The quantitative estimate of drug-likeness (QED) is 0.464. The predicted molar refractivity (Wildman–Crippen MR) is 98.8 cm³/mol. The van der Waals surface area contributed by atoms with Crippen LogP contribution in [-0.4, -0.2) is 35.2 Å². The fourth-order valence-corrected chi connectivity index (χ4v) is 3.09. The number of carbonyl (C=O) groups is 1. The Morgan fingerprint density at radius 2 is 2.00 bits per heavy atom. The van der Waals surface area contributed by atoms with Crippen molar-refractivity contribution in [3.8, 4) is 0 Å². The van der Waals surface area contributed by atoms with Gasteiger partial charge < -0.3 is 10.2 Å². The normalized spacial score (nSPS) is 11.6. The molecule has 1 N–H and O–H groups in total. The van der Waals surface area contributed by atoms with Crippen LogP contribution in [0.4, 0.5) is 11.5 Å². The molecule has 132 valence electrons. The number of benzene rings is 1. The molecule has 8 heteroatoms. The molecule has 7 nitrogen and oxygen atoms in total. The molecule has 0 radical (unpaired) electrons. The molecule has 1 atom stereocenters. The highest BCUT2D eigenvalue weighted by Crippen LogP contribution is 2.25. The van der Waals surface area contributed by atoms with Gasteiger partial charge in [0.15, 0.2) is 0 Å². The number of rotatable bonds is 7. The minimum atomic E-state index is -0.444. The average molecular weight is 360 g/mol. The Morgan fingerprint density at radius 1 is 1.32 bits per heavy atom. The minimum Gasteiger partial charge on any atom is -0.362 e. The lowest BCUT2D eigenvalue weighted by atomic mass is 10.2. The number of hydrogen-bond donors (Lipinski definition) is 1. The van der Waals surface area contributed by atoms with Crippen LogP contribution in [0.2, 0.25) is 0 Å². The van der Waals surface area contributed by atoms with Crippen LogP contribution in [0.3, 0.4) is 0 Å². The van der Waals surface area contributed by atoms with Crippen molar-refractivity contribution < 1.29 is 9.72 Å². The highest BCUT2D eigenvalue weighted by atomic mass is 32.2. The maximum atomic E-state index is 12.3. The standard InChI is InChI=1S/C17H20N4O3S/c1-12(25-15-8-6-14(7-9-15)21(23)24)17(22)19-11-13-5-4-10-18-16(13)20(2)3/h4-10,12H,11H2,1-3H3,(H,19,22). The van der Waals surface area contributed by atoms with E-state index in [-0.39, 0.29) is 16.8 Å². The molecule has 1 unspecified atom stereocenters. The van der Waals surface area contributed by atoms with Crippen LogP contribution < -0.4 is 10.2 Å². The Labute approximate surface area is 150 Å². The molecular formula is C17H20N4O3S. The predicted octanol–water partition coefficient (Wildman–Crippen LogP) is 2.85. The Morgan fingerprint density at radius 3 is 2.60 bits per heavy atom. The number of hydrogen-bond acceptors (Lipinski definition) is 6. The number of non-ortho nitro benzene ring substituents is 1. The van der Waals surface area contributed by atoms with E-state index in [0.717, 1.165) is 16.3 Å². The van der Waals surface area contributed by atoms with Crippen LogP contribution in [-0.2, 0) is 11.3 Å². The van der Waals surface area contributed by atoms with Crippen LogP contribution >= 0.6 is 11.8 Å². The molecule has 0 aliphatic heterocycles. The van der Waals surface area contributed by atoms with E-state index in [9.17, 15) is 14.9 Å². The van der Waals surface area contributed by atoms with E-state index in [4.69, 9.17) is 0 Å². The van der Waals surface area contributed by atoms with Crippen molar-refractivity contribution in [3.63, 3.8) is 0 Å². The Kier molecular flexibility index (Phi) is 6.35. The van der Waals surface area contributed by atoms with E-state index in [0.29, 0.717) is 6.54 Å². The molecule has 0 fully saturated rings. The fourth-order valence-electron chi connectivity index (χ4n) is 2.20. The highest BCUT2D eigenvalue weighted by molar-refractivity contribution is 8.00. The first-order valence-corrected chi connectivity index (χ1v) is 8.56. The van der Waals surface area contributed by atoms with Crippen molar-refractivity contribution in [2.75, 3.05) is 19.0 Å². The van der Waals surface area contributed by atoms with Gasteiger partial charge in [-0.25, -0.2) is 4.98 Å². The zero-order chi connectivity index (χ0) is 18.4. The number of pyridine rings is 1. The lowest BCUT2D eigenvalue weighted by Crippen LogP contribution is -2.31. The number of nitrogens with zero attached hydrogens (tertiary/aromatic N) is 3. The van der Waals surface area contributed by atoms with Gasteiger partial charge in [0, 0.05) is 49.4 Å². The summed E-state index contributed by atoms with van der Waals surface area (Å²) in [6.07, 6.45) is 1.72. The highest BCUT2D eigenvalue weighted by Gasteiger charge is 2.16. The third kappa shape index (κ3) is 5.18. The molecule has 0 saturated carbocycles. The summed E-state index contributed by atoms with van der Waals surface area (Å²) >= 11 is 1.36. The largest absolute Gasteiger partial charge is 0.362 e. The molecule has 0 bridgehead atoms. The summed E-state index contributed by atoms with van der Waals surface area (Å²) in [6, 6.07) is 9.94. The summed E-state index contributed by atoms with van der Waals surface area (Å²) in [5.41, 5.74) is 0.975. The van der Waals surface area contributed by atoms with Gasteiger partial charge in [-0.1, -0.05) is 6.07 Å². The van der Waals surface area contributed by atoms with Crippen molar-refractivity contribution in [1.29, 1.82) is 0 Å². The van der Waals surface area contributed by atoms with E-state index in [1.165, 1.54) is 23.9 Å². The van der Waals surface area contributed by atoms with Gasteiger partial charge in [-0.15, -0.1) is 11.8 Å². The Balaban J connectivity index is 1.93. The van der Waals surface area contributed by atoms with Crippen LogP contribution in [0.5, 0.6) is 0 Å². The van der Waals surface area contributed by atoms with E-state index >= 15 is 0 Å². The molecule has 0 aliphatic rings. The summed E-state index contributed by atoms with van der Waals surface area (Å²) in [7, 11) is 3.81. The second-order valence-electron chi connectivity index (χ2n) is 5.61. The van der Waals surface area contributed by atoms with Crippen molar-refractivity contribution in [1.82, 2.24) is 10.3 Å². The smallest absolute Gasteiger partial charge is 0.269 e. The lowest BCUT2D eigenvalue weighted by Gasteiger charge is -2.17. The monoisotopic (exact) mass is 360 g/mol. The van der Waals surface area contributed by atoms with Gasteiger partial charge in [-0.3, -0.25) is 14.9 Å². The summed E-state index contributed by atoms with van der Waals surface area (Å²) in [6.45, 7) is 2.20. The number of thioether (sulfide) groups is 1. The molecule has 1 amide bonds. The maximum Gasteiger partial charge on any atom is 0.269 e. The third-order valence-electron chi connectivity index (χ3n) is 3.47. The number of nitrogens with one attached hydrogen (secondary N) is 1. The topological polar surface area (TPSA) is 88.4 Å². The molecule has 1 heterocycles. The first-order valence-electron chi connectivity index (χ1n) is 7.68. The zero-order valence-electron chi connectivity index (χ0n) is 14.3. The van der Waals surface area contributed by atoms with Gasteiger partial charge in [0.1, 0.15) is 5.82 Å². The van der Waals surface area contributed by atoms with Crippen LogP contribution in [0.1, 0.15) is 12.5 Å². The van der Waals surface area contributed by atoms with E-state index in [1.807, 2.05) is 31.1 Å². The van der Waals surface area contributed by atoms with E-state index < -0.39 is 4.92 Å². The van der Waals surface area contributed by atoms with Gasteiger partial charge in [-0.2, -0.15) is 0 Å². The van der Waals surface area contributed by atoms with E-state index in [1.54, 1.807) is 25.3 Å². The SMILES string of the molecule is CC(Sc1ccc([N+](=O)[O-])cc1)C(=O)NCc1cccnc1N(C)C. The van der Waals surface area contributed by atoms with Crippen molar-refractivity contribution in [3.05, 3.63) is 58.3 Å². The number of nitro benzene ring substituents is 1. The van der Waals surface area contributed by atoms with Gasteiger partial charge in [0.05, 0.1) is 10.2 Å². The third-order valence-corrected chi connectivity index (χ3v) is 4.59. The van der Waals surface area contributed by atoms with Crippen molar-refractivity contribution in [2.45, 2.75) is 23.6 Å². The molecule has 1 aromatic heterocycles. The summed E-state index contributed by atoms with van der Waals surface area (Å²) < 4.78 is 0. The molecule has 2 aromatic rings. The number of carbonyl (C=O) groups excluding carboxylic acids is 1. The fraction of sp³-hybridized carbons (Fsp3) is 0.294. The molecule has 2 rings (SSSR count).